The third-order valence-corrected chi connectivity index (χ3v) is 4.90. The van der Waals surface area contributed by atoms with Gasteiger partial charge >= 0.3 is 0 Å². The van der Waals surface area contributed by atoms with E-state index in [0.717, 1.165) is 6.07 Å². The molecule has 2 heterocycles. The van der Waals surface area contributed by atoms with E-state index in [4.69, 9.17) is 16.3 Å². The molecule has 0 atom stereocenters. The minimum atomic E-state index is -1.10. The molecule has 0 saturated heterocycles. The molecule has 4 aromatic rings. The van der Waals surface area contributed by atoms with Crippen molar-refractivity contribution >= 4 is 34.0 Å². The summed E-state index contributed by atoms with van der Waals surface area (Å²) in [7, 11) is 1.53. The Morgan fingerprint density at radius 1 is 1.13 bits per heavy atom. The Balaban J connectivity index is 1.92. The van der Waals surface area contributed by atoms with Gasteiger partial charge in [0.2, 0.25) is 5.56 Å². The normalized spacial score (nSPS) is 10.9. The number of pyridine rings is 2. The minimum absolute atomic E-state index is 0.138. The van der Waals surface area contributed by atoms with Crippen LogP contribution in [-0.4, -0.2) is 17.1 Å². The van der Waals surface area contributed by atoms with Crippen LogP contribution in [0.5, 0.6) is 5.75 Å². The predicted molar refractivity (Wildman–Crippen MR) is 113 cm³/mol. The second kappa shape index (κ2) is 8.12. The summed E-state index contributed by atoms with van der Waals surface area (Å²) in [5.74, 6) is -1.15. The number of benzene rings is 2. The molecule has 0 aliphatic rings. The van der Waals surface area contributed by atoms with Gasteiger partial charge in [-0.05, 0) is 48.0 Å². The number of hydrogen-bond donors (Lipinski definition) is 1. The highest BCUT2D eigenvalue weighted by molar-refractivity contribution is 6.30. The second-order valence-electron chi connectivity index (χ2n) is 6.54. The zero-order valence-corrected chi connectivity index (χ0v) is 16.6. The van der Waals surface area contributed by atoms with Crippen molar-refractivity contribution in [3.63, 3.8) is 0 Å². The van der Waals surface area contributed by atoms with E-state index in [1.807, 2.05) is 6.07 Å². The van der Waals surface area contributed by atoms with E-state index in [9.17, 15) is 13.6 Å². The molecule has 1 N–H and O–H groups in total. The number of aromatic nitrogens is 2. The lowest BCUT2D eigenvalue weighted by Crippen LogP contribution is -2.20. The van der Waals surface area contributed by atoms with Gasteiger partial charge in [0.15, 0.2) is 23.2 Å². The van der Waals surface area contributed by atoms with Crippen molar-refractivity contribution in [2.75, 3.05) is 12.0 Å². The van der Waals surface area contributed by atoms with E-state index >= 15 is 0 Å². The van der Waals surface area contributed by atoms with Crippen molar-refractivity contribution in [1.82, 2.24) is 9.97 Å². The van der Waals surface area contributed by atoms with Crippen LogP contribution >= 0.6 is 11.6 Å². The average Bonchev–Trinajstić information content (AvgIpc) is 2.74. The smallest absolute Gasteiger partial charge is 0.248 e. The Bertz CT molecular complexity index is 1290. The molecular weight excluding hydrogens is 412 g/mol. The first-order valence-electron chi connectivity index (χ1n) is 9.00. The summed E-state index contributed by atoms with van der Waals surface area (Å²) >= 11 is 6.19. The third kappa shape index (κ3) is 3.71. The number of methoxy groups -OCH3 is 1. The van der Waals surface area contributed by atoms with E-state index in [0.29, 0.717) is 33.2 Å². The summed E-state index contributed by atoms with van der Waals surface area (Å²) in [5, 5.41) is 0.895. The first-order valence-corrected chi connectivity index (χ1v) is 9.37. The van der Waals surface area contributed by atoms with Gasteiger partial charge in [0, 0.05) is 28.4 Å². The van der Waals surface area contributed by atoms with E-state index < -0.39 is 17.2 Å². The third-order valence-electron chi connectivity index (χ3n) is 4.67. The molecule has 30 heavy (non-hydrogen) atoms. The topological polar surface area (TPSA) is 58.2 Å². The van der Waals surface area contributed by atoms with E-state index in [1.165, 1.54) is 19.2 Å². The number of fused-ring (bicyclic) bond motifs is 1. The molecule has 0 bridgehead atoms. The first kappa shape index (κ1) is 19.8. The van der Waals surface area contributed by atoms with Gasteiger partial charge in [0.25, 0.3) is 0 Å². The van der Waals surface area contributed by atoms with Crippen LogP contribution < -0.4 is 15.2 Å². The lowest BCUT2D eigenvalue weighted by atomic mass is 10.1. The average molecular weight is 428 g/mol. The summed E-state index contributed by atoms with van der Waals surface area (Å²) in [6.45, 7) is 0.138. The number of ether oxygens (including phenoxy) is 1. The maximum Gasteiger partial charge on any atom is 0.248 e. The fourth-order valence-corrected chi connectivity index (χ4v) is 3.50. The highest BCUT2D eigenvalue weighted by Gasteiger charge is 2.19. The van der Waals surface area contributed by atoms with Gasteiger partial charge in [-0.15, -0.1) is 0 Å². The van der Waals surface area contributed by atoms with Crippen LogP contribution in [0.2, 0.25) is 5.02 Å². The fraction of sp³-hybridized carbons (Fsp3) is 0.0909. The van der Waals surface area contributed by atoms with Crippen LogP contribution in [0, 0.1) is 11.6 Å². The Morgan fingerprint density at radius 2 is 1.97 bits per heavy atom. The quantitative estimate of drug-likeness (QED) is 0.475. The molecule has 0 aliphatic carbocycles. The Labute approximate surface area is 175 Å². The predicted octanol–water partition coefficient (Wildman–Crippen LogP) is 5.20. The lowest BCUT2D eigenvalue weighted by molar-refractivity contribution is 0.413. The minimum Gasteiger partial charge on any atom is -0.493 e. The molecule has 2 aromatic carbocycles. The number of rotatable bonds is 5. The summed E-state index contributed by atoms with van der Waals surface area (Å²) in [5.41, 5.74) is 0.452. The Hall–Kier alpha value is -3.45. The zero-order chi connectivity index (χ0) is 21.3. The molecule has 0 amide bonds. The molecule has 0 fully saturated rings. The SMILES string of the molecule is COc1cccnc1N(Cc1cc(=O)[nH]c2c(F)c(F)ccc12)c1cccc(Cl)c1. The van der Waals surface area contributed by atoms with Gasteiger partial charge in [0.1, 0.15) is 0 Å². The van der Waals surface area contributed by atoms with Crippen LogP contribution in [0.15, 0.2) is 65.6 Å². The summed E-state index contributed by atoms with van der Waals surface area (Å²) in [6.07, 6.45) is 1.61. The molecule has 5 nitrogen and oxygen atoms in total. The van der Waals surface area contributed by atoms with E-state index in [1.54, 1.807) is 41.4 Å². The van der Waals surface area contributed by atoms with E-state index in [2.05, 4.69) is 9.97 Å². The van der Waals surface area contributed by atoms with Crippen LogP contribution in [-0.2, 0) is 6.54 Å². The Kier molecular flexibility index (Phi) is 5.37. The van der Waals surface area contributed by atoms with Gasteiger partial charge in [-0.2, -0.15) is 0 Å². The molecule has 0 unspecified atom stereocenters. The molecule has 4 rings (SSSR count). The van der Waals surface area contributed by atoms with Crippen molar-refractivity contribution < 1.29 is 13.5 Å². The van der Waals surface area contributed by atoms with Crippen molar-refractivity contribution in [2.24, 2.45) is 0 Å². The molecule has 152 valence electrons. The first-order chi connectivity index (χ1) is 14.5. The van der Waals surface area contributed by atoms with Crippen molar-refractivity contribution in [3.8, 4) is 5.75 Å². The second-order valence-corrected chi connectivity index (χ2v) is 6.97. The summed E-state index contributed by atoms with van der Waals surface area (Å²) in [4.78, 5) is 20.8. The number of halogens is 3. The van der Waals surface area contributed by atoms with Crippen molar-refractivity contribution in [1.29, 1.82) is 0 Å². The van der Waals surface area contributed by atoms with Gasteiger partial charge in [-0.25, -0.2) is 13.8 Å². The molecule has 8 heteroatoms. The monoisotopic (exact) mass is 427 g/mol. The molecule has 0 spiro atoms. The summed E-state index contributed by atoms with van der Waals surface area (Å²) in [6, 6.07) is 14.4. The maximum absolute atomic E-state index is 14.3. The number of aromatic amines is 1. The zero-order valence-electron chi connectivity index (χ0n) is 15.8. The molecular formula is C22H16ClF2N3O2. The lowest BCUT2D eigenvalue weighted by Gasteiger charge is -2.26. The molecule has 0 aliphatic heterocycles. The van der Waals surface area contributed by atoms with Crippen LogP contribution in [0.3, 0.4) is 0 Å². The number of H-pyrrole nitrogens is 1. The standard InChI is InChI=1S/C22H16ClF2N3O2/c1-30-18-6-3-9-26-22(18)28(15-5-2-4-14(23)11-15)12-13-10-19(29)27-21-16(13)7-8-17(24)20(21)25/h2-11H,12H2,1H3,(H,27,29). The maximum atomic E-state index is 14.3. The highest BCUT2D eigenvalue weighted by atomic mass is 35.5. The number of nitrogens with zero attached hydrogens (tertiary/aromatic N) is 2. The fourth-order valence-electron chi connectivity index (χ4n) is 3.31. The van der Waals surface area contributed by atoms with Crippen LogP contribution in [0.25, 0.3) is 10.9 Å². The van der Waals surface area contributed by atoms with Crippen molar-refractivity contribution in [3.05, 3.63) is 93.4 Å². The van der Waals surface area contributed by atoms with E-state index in [-0.39, 0.29) is 12.1 Å². The summed E-state index contributed by atoms with van der Waals surface area (Å²) < 4.78 is 33.5. The molecule has 0 radical (unpaired) electrons. The van der Waals surface area contributed by atoms with Crippen LogP contribution in [0.1, 0.15) is 5.56 Å². The Morgan fingerprint density at radius 3 is 2.73 bits per heavy atom. The largest absolute Gasteiger partial charge is 0.493 e. The van der Waals surface area contributed by atoms with Gasteiger partial charge < -0.3 is 14.6 Å². The number of hydrogen-bond acceptors (Lipinski definition) is 4. The van der Waals surface area contributed by atoms with Gasteiger partial charge in [-0.3, -0.25) is 4.79 Å². The van der Waals surface area contributed by atoms with Gasteiger partial charge in [0.05, 0.1) is 19.2 Å². The van der Waals surface area contributed by atoms with Crippen molar-refractivity contribution in [2.45, 2.75) is 6.54 Å². The molecule has 2 aromatic heterocycles. The van der Waals surface area contributed by atoms with Crippen LogP contribution in [0.4, 0.5) is 20.3 Å². The highest BCUT2D eigenvalue weighted by Crippen LogP contribution is 2.35. The number of anilines is 2. The number of nitrogens with one attached hydrogen (secondary N) is 1. The van der Waals surface area contributed by atoms with Gasteiger partial charge in [-0.1, -0.05) is 17.7 Å². The molecule has 0 saturated carbocycles.